The minimum absolute atomic E-state index is 0.352. The van der Waals surface area contributed by atoms with Crippen LogP contribution in [0.2, 0.25) is 0 Å². The van der Waals surface area contributed by atoms with Gasteiger partial charge in [-0.2, -0.15) is 5.43 Å². The van der Waals surface area contributed by atoms with E-state index in [0.717, 1.165) is 0 Å². The zero-order valence-corrected chi connectivity index (χ0v) is 8.46. The van der Waals surface area contributed by atoms with Gasteiger partial charge in [-0.05, 0) is 12.1 Å². The number of imide groups is 1. The molecule has 2 rings (SSSR count). The van der Waals surface area contributed by atoms with Crippen molar-refractivity contribution in [2.75, 3.05) is 6.54 Å². The first-order valence-electron chi connectivity index (χ1n) is 4.84. The maximum Gasteiger partial charge on any atom is 0.338 e. The van der Waals surface area contributed by atoms with E-state index in [1.807, 2.05) is 34.4 Å². The molecule has 2 heterocycles. The quantitative estimate of drug-likeness (QED) is 0.606. The lowest BCUT2D eigenvalue weighted by molar-refractivity contribution is -0.135. The zero-order chi connectivity index (χ0) is 11.5. The molecule has 7 heteroatoms. The Hall–Kier alpha value is -1.86. The second-order valence-electron chi connectivity index (χ2n) is 3.40. The van der Waals surface area contributed by atoms with Crippen LogP contribution >= 0.6 is 0 Å². The number of hydrogen-bond acceptors (Lipinski definition) is 4. The SMILES string of the molecule is O=C1NC(=O)N(CCn2cccc2)NC1O. The molecule has 1 fully saturated rings. The molecule has 16 heavy (non-hydrogen) atoms. The molecule has 1 saturated heterocycles. The summed E-state index contributed by atoms with van der Waals surface area (Å²) in [5, 5.41) is 12.4. The number of aliphatic hydroxyl groups is 1. The van der Waals surface area contributed by atoms with Crippen LogP contribution in [0, 0.1) is 0 Å². The standard InChI is InChI=1S/C9H12N4O3/c14-7-8(15)11-13(9(16)10-7)6-5-12-3-1-2-4-12/h1-4,8,11,15H,5-6H2,(H,10,14,16). The summed E-state index contributed by atoms with van der Waals surface area (Å²) in [4.78, 5) is 22.2. The van der Waals surface area contributed by atoms with Crippen LogP contribution in [-0.2, 0) is 11.3 Å². The number of aliphatic hydroxyl groups excluding tert-OH is 1. The predicted molar refractivity (Wildman–Crippen MR) is 53.8 cm³/mol. The van der Waals surface area contributed by atoms with Crippen LogP contribution in [0.25, 0.3) is 0 Å². The lowest BCUT2D eigenvalue weighted by atomic mass is 10.4. The second-order valence-corrected chi connectivity index (χ2v) is 3.40. The molecule has 0 spiro atoms. The number of hydrogen-bond donors (Lipinski definition) is 3. The molecule has 0 aromatic carbocycles. The van der Waals surface area contributed by atoms with E-state index in [1.54, 1.807) is 0 Å². The minimum atomic E-state index is -1.37. The van der Waals surface area contributed by atoms with Crippen LogP contribution < -0.4 is 10.7 Å². The summed E-state index contributed by atoms with van der Waals surface area (Å²) in [6.07, 6.45) is 2.36. The lowest BCUT2D eigenvalue weighted by Crippen LogP contribution is -2.64. The van der Waals surface area contributed by atoms with E-state index in [1.165, 1.54) is 5.01 Å². The number of nitrogens with zero attached hydrogens (tertiary/aromatic N) is 2. The van der Waals surface area contributed by atoms with E-state index in [2.05, 4.69) is 5.43 Å². The van der Waals surface area contributed by atoms with Crippen LogP contribution in [0.15, 0.2) is 24.5 Å². The monoisotopic (exact) mass is 224 g/mol. The third-order valence-corrected chi connectivity index (χ3v) is 2.25. The van der Waals surface area contributed by atoms with E-state index in [0.29, 0.717) is 13.1 Å². The number of rotatable bonds is 3. The normalized spacial score (nSPS) is 21.1. The van der Waals surface area contributed by atoms with Gasteiger partial charge in [0.05, 0.1) is 6.54 Å². The van der Waals surface area contributed by atoms with Crippen molar-refractivity contribution < 1.29 is 14.7 Å². The summed E-state index contributed by atoms with van der Waals surface area (Å²) in [7, 11) is 0. The second kappa shape index (κ2) is 4.33. The largest absolute Gasteiger partial charge is 0.369 e. The van der Waals surface area contributed by atoms with Gasteiger partial charge in [0.2, 0.25) is 6.23 Å². The third-order valence-electron chi connectivity index (χ3n) is 2.25. The van der Waals surface area contributed by atoms with Crippen molar-refractivity contribution in [1.29, 1.82) is 0 Å². The number of aromatic nitrogens is 1. The molecule has 0 aliphatic carbocycles. The highest BCUT2D eigenvalue weighted by atomic mass is 16.3. The molecule has 1 aromatic rings. The van der Waals surface area contributed by atoms with E-state index < -0.39 is 18.2 Å². The minimum Gasteiger partial charge on any atom is -0.369 e. The van der Waals surface area contributed by atoms with E-state index in [9.17, 15) is 14.7 Å². The van der Waals surface area contributed by atoms with Gasteiger partial charge in [0.25, 0.3) is 5.91 Å². The smallest absolute Gasteiger partial charge is 0.338 e. The first kappa shape index (κ1) is 10.7. The molecule has 7 nitrogen and oxygen atoms in total. The first-order valence-corrected chi connectivity index (χ1v) is 4.84. The van der Waals surface area contributed by atoms with Gasteiger partial charge in [-0.3, -0.25) is 15.1 Å². The summed E-state index contributed by atoms with van der Waals surface area (Å²) >= 11 is 0. The van der Waals surface area contributed by atoms with Gasteiger partial charge in [-0.25, -0.2) is 4.79 Å². The van der Waals surface area contributed by atoms with Crippen molar-refractivity contribution >= 4 is 11.9 Å². The molecule has 1 aliphatic rings. The molecular weight excluding hydrogens is 212 g/mol. The molecule has 0 bridgehead atoms. The summed E-state index contributed by atoms with van der Waals surface area (Å²) < 4.78 is 1.89. The van der Waals surface area contributed by atoms with E-state index in [4.69, 9.17) is 0 Å². The molecule has 86 valence electrons. The Morgan fingerprint density at radius 3 is 2.62 bits per heavy atom. The molecular formula is C9H12N4O3. The van der Waals surface area contributed by atoms with Crippen molar-refractivity contribution in [2.45, 2.75) is 12.8 Å². The first-order chi connectivity index (χ1) is 7.66. The van der Waals surface area contributed by atoms with Crippen molar-refractivity contribution in [1.82, 2.24) is 20.3 Å². The number of carbonyl (C=O) groups is 2. The number of amides is 3. The van der Waals surface area contributed by atoms with Gasteiger partial charge in [0, 0.05) is 18.9 Å². The molecule has 3 amide bonds. The average molecular weight is 224 g/mol. The highest BCUT2D eigenvalue weighted by Crippen LogP contribution is 1.97. The van der Waals surface area contributed by atoms with Gasteiger partial charge < -0.3 is 9.67 Å². The molecule has 0 radical (unpaired) electrons. The third kappa shape index (κ3) is 2.20. The Bertz CT molecular complexity index is 389. The molecule has 1 unspecified atom stereocenters. The fourth-order valence-corrected chi connectivity index (χ4v) is 1.41. The van der Waals surface area contributed by atoms with Crippen molar-refractivity contribution in [3.05, 3.63) is 24.5 Å². The molecule has 1 aromatic heterocycles. The van der Waals surface area contributed by atoms with Crippen LogP contribution in [0.1, 0.15) is 0 Å². The van der Waals surface area contributed by atoms with Crippen LogP contribution in [-0.4, -0.2) is 39.4 Å². The topological polar surface area (TPSA) is 86.6 Å². The van der Waals surface area contributed by atoms with Crippen LogP contribution in [0.5, 0.6) is 0 Å². The maximum absolute atomic E-state index is 11.3. The van der Waals surface area contributed by atoms with Crippen molar-refractivity contribution in [2.24, 2.45) is 0 Å². The molecule has 1 aliphatic heterocycles. The Morgan fingerprint density at radius 1 is 1.25 bits per heavy atom. The van der Waals surface area contributed by atoms with Crippen molar-refractivity contribution in [3.8, 4) is 0 Å². The highest BCUT2D eigenvalue weighted by Gasteiger charge is 2.29. The van der Waals surface area contributed by atoms with Crippen LogP contribution in [0.4, 0.5) is 4.79 Å². The molecule has 3 N–H and O–H groups in total. The van der Waals surface area contributed by atoms with E-state index in [-0.39, 0.29) is 0 Å². The van der Waals surface area contributed by atoms with E-state index >= 15 is 0 Å². The molecule has 0 saturated carbocycles. The Labute approximate surface area is 91.6 Å². The lowest BCUT2D eigenvalue weighted by Gasteiger charge is -2.30. The Kier molecular flexibility index (Phi) is 2.88. The van der Waals surface area contributed by atoms with Gasteiger partial charge in [0.1, 0.15) is 0 Å². The Morgan fingerprint density at radius 2 is 1.94 bits per heavy atom. The van der Waals surface area contributed by atoms with Crippen molar-refractivity contribution in [3.63, 3.8) is 0 Å². The number of nitrogens with one attached hydrogen (secondary N) is 2. The number of urea groups is 1. The summed E-state index contributed by atoms with van der Waals surface area (Å²) in [6.45, 7) is 0.930. The Balaban J connectivity index is 1.90. The highest BCUT2D eigenvalue weighted by molar-refractivity contribution is 5.98. The van der Waals surface area contributed by atoms with Crippen LogP contribution in [0.3, 0.4) is 0 Å². The summed E-state index contributed by atoms with van der Waals surface area (Å²) in [5.74, 6) is -0.734. The van der Waals surface area contributed by atoms with Gasteiger partial charge in [-0.1, -0.05) is 0 Å². The summed E-state index contributed by atoms with van der Waals surface area (Å²) in [5.41, 5.74) is 2.39. The fraction of sp³-hybridized carbons (Fsp3) is 0.333. The number of carbonyl (C=O) groups excluding carboxylic acids is 2. The predicted octanol–water partition coefficient (Wildman–Crippen LogP) is -1.14. The zero-order valence-electron chi connectivity index (χ0n) is 8.46. The van der Waals surface area contributed by atoms with Gasteiger partial charge in [0.15, 0.2) is 0 Å². The molecule has 1 atom stereocenters. The maximum atomic E-state index is 11.3. The van der Waals surface area contributed by atoms with Gasteiger partial charge >= 0.3 is 6.03 Å². The number of hydrazine groups is 1. The fourth-order valence-electron chi connectivity index (χ4n) is 1.41. The summed E-state index contributed by atoms with van der Waals surface area (Å²) in [6, 6.07) is 3.20. The average Bonchev–Trinajstić information content (AvgIpc) is 2.74. The van der Waals surface area contributed by atoms with Gasteiger partial charge in [-0.15, -0.1) is 0 Å².